The molecule has 9 heteroatoms. The second-order valence-corrected chi connectivity index (χ2v) is 10.2. The van der Waals surface area contributed by atoms with Gasteiger partial charge >= 0.3 is 0 Å². The molecule has 2 aliphatic rings. The molecule has 0 amide bonds. The quantitative estimate of drug-likeness (QED) is 0.661. The minimum absolute atomic E-state index is 0.227. The van der Waals surface area contributed by atoms with Crippen LogP contribution in [0.2, 0.25) is 10.0 Å². The zero-order valence-electron chi connectivity index (χ0n) is 16.1. The van der Waals surface area contributed by atoms with Gasteiger partial charge in [-0.05, 0) is 63.1 Å². The number of hydrogen-bond acceptors (Lipinski definition) is 6. The maximum Gasteiger partial charge on any atom is 0.264 e. The Morgan fingerprint density at radius 3 is 2.38 bits per heavy atom. The lowest BCUT2D eigenvalue weighted by molar-refractivity contribution is 0.158. The monoisotopic (exact) mass is 455 g/mol. The van der Waals surface area contributed by atoms with E-state index in [0.29, 0.717) is 28.7 Å². The molecule has 1 fully saturated rings. The summed E-state index contributed by atoms with van der Waals surface area (Å²) in [6.45, 7) is 0. The normalized spacial score (nSPS) is 21.8. The van der Waals surface area contributed by atoms with Crippen LogP contribution in [-0.2, 0) is 27.1 Å². The van der Waals surface area contributed by atoms with Crippen molar-refractivity contribution >= 4 is 39.1 Å². The molecule has 0 bridgehead atoms. The summed E-state index contributed by atoms with van der Waals surface area (Å²) in [5, 5.41) is 4.68. The molecular formula is C20H23Cl2N3O3S. The Hall–Kier alpha value is -1.41. The first-order valence-corrected chi connectivity index (χ1v) is 12.3. The van der Waals surface area contributed by atoms with Gasteiger partial charge in [0.25, 0.3) is 10.1 Å². The molecule has 1 aromatic carbocycles. The van der Waals surface area contributed by atoms with Gasteiger partial charge in [0.1, 0.15) is 5.82 Å². The number of anilines is 1. The average molecular weight is 456 g/mol. The minimum atomic E-state index is -3.41. The molecule has 2 aromatic rings. The zero-order chi connectivity index (χ0) is 20.6. The molecule has 156 valence electrons. The molecule has 6 nitrogen and oxygen atoms in total. The third-order valence-corrected chi connectivity index (χ3v) is 6.44. The molecule has 0 aliphatic heterocycles. The number of nitrogens with zero attached hydrogens (tertiary/aromatic N) is 2. The van der Waals surface area contributed by atoms with Crippen LogP contribution in [0.5, 0.6) is 0 Å². The SMILES string of the molecule is CS(=O)(=O)OC1CCC(Nc2nc(-c3cc(Cl)cc(Cl)c3)nc3c2CCC3)CC1. The maximum absolute atomic E-state index is 11.3. The Balaban J connectivity index is 1.54. The highest BCUT2D eigenvalue weighted by molar-refractivity contribution is 7.86. The highest BCUT2D eigenvalue weighted by Gasteiger charge is 2.27. The van der Waals surface area contributed by atoms with Crippen molar-refractivity contribution < 1.29 is 12.6 Å². The standard InChI is InChI=1S/C20H23Cl2N3O3S/c1-29(26,27)28-16-7-5-15(6-8-16)23-20-17-3-2-4-18(17)24-19(25-20)12-9-13(21)11-14(22)10-12/h9-11,15-16H,2-8H2,1H3,(H,23,24,25). The van der Waals surface area contributed by atoms with E-state index in [4.69, 9.17) is 37.4 Å². The molecule has 2 aliphatic carbocycles. The Morgan fingerprint density at radius 2 is 1.72 bits per heavy atom. The smallest absolute Gasteiger partial charge is 0.264 e. The molecule has 0 spiro atoms. The third-order valence-electron chi connectivity index (χ3n) is 5.38. The Kier molecular flexibility index (Phi) is 6.02. The van der Waals surface area contributed by atoms with E-state index in [0.717, 1.165) is 55.4 Å². The Morgan fingerprint density at radius 1 is 1.03 bits per heavy atom. The van der Waals surface area contributed by atoms with Crippen molar-refractivity contribution in [2.24, 2.45) is 0 Å². The molecule has 1 aromatic heterocycles. The van der Waals surface area contributed by atoms with E-state index in [-0.39, 0.29) is 12.1 Å². The highest BCUT2D eigenvalue weighted by Crippen LogP contribution is 2.33. The average Bonchev–Trinajstić information content (AvgIpc) is 3.10. The summed E-state index contributed by atoms with van der Waals surface area (Å²) >= 11 is 12.3. The second-order valence-electron chi connectivity index (χ2n) is 7.75. The van der Waals surface area contributed by atoms with Crippen LogP contribution in [0.3, 0.4) is 0 Å². The summed E-state index contributed by atoms with van der Waals surface area (Å²) in [7, 11) is -3.41. The topological polar surface area (TPSA) is 81.2 Å². The number of rotatable bonds is 5. The Bertz CT molecular complexity index is 1000. The van der Waals surface area contributed by atoms with Gasteiger partial charge in [-0.3, -0.25) is 4.18 Å². The summed E-state index contributed by atoms with van der Waals surface area (Å²) in [6.07, 6.45) is 6.89. The summed E-state index contributed by atoms with van der Waals surface area (Å²) in [4.78, 5) is 9.56. The van der Waals surface area contributed by atoms with Crippen molar-refractivity contribution in [2.75, 3.05) is 11.6 Å². The van der Waals surface area contributed by atoms with Gasteiger partial charge in [0.15, 0.2) is 5.82 Å². The molecule has 0 unspecified atom stereocenters. The van der Waals surface area contributed by atoms with E-state index in [2.05, 4.69) is 5.32 Å². The van der Waals surface area contributed by atoms with E-state index in [1.54, 1.807) is 6.07 Å². The number of aromatic nitrogens is 2. The number of nitrogens with one attached hydrogen (secondary N) is 1. The fraction of sp³-hybridized carbons (Fsp3) is 0.500. The number of fused-ring (bicyclic) bond motifs is 1. The fourth-order valence-corrected chi connectivity index (χ4v) is 5.32. The zero-order valence-corrected chi connectivity index (χ0v) is 18.4. The highest BCUT2D eigenvalue weighted by atomic mass is 35.5. The van der Waals surface area contributed by atoms with Crippen LogP contribution < -0.4 is 5.32 Å². The summed E-state index contributed by atoms with van der Waals surface area (Å²) < 4.78 is 27.8. The predicted octanol–water partition coefficient (Wildman–Crippen LogP) is 4.64. The maximum atomic E-state index is 11.3. The lowest BCUT2D eigenvalue weighted by atomic mass is 9.93. The number of halogens is 2. The first-order chi connectivity index (χ1) is 13.8. The summed E-state index contributed by atoms with van der Waals surface area (Å²) in [5.41, 5.74) is 3.05. The lowest BCUT2D eigenvalue weighted by Gasteiger charge is -2.29. The molecule has 0 atom stereocenters. The van der Waals surface area contributed by atoms with Gasteiger partial charge in [-0.25, -0.2) is 9.97 Å². The molecule has 0 saturated heterocycles. The molecule has 0 radical (unpaired) electrons. The first kappa shape index (κ1) is 20.8. The van der Waals surface area contributed by atoms with Gasteiger partial charge < -0.3 is 5.32 Å². The van der Waals surface area contributed by atoms with Gasteiger partial charge in [-0.15, -0.1) is 0 Å². The van der Waals surface area contributed by atoms with Crippen molar-refractivity contribution in [3.63, 3.8) is 0 Å². The lowest BCUT2D eigenvalue weighted by Crippen LogP contribution is -2.31. The van der Waals surface area contributed by atoms with Gasteiger partial charge in [0.05, 0.1) is 12.4 Å². The van der Waals surface area contributed by atoms with Gasteiger partial charge in [0.2, 0.25) is 0 Å². The van der Waals surface area contributed by atoms with Crippen LogP contribution in [0, 0.1) is 0 Å². The van der Waals surface area contributed by atoms with Crippen LogP contribution >= 0.6 is 23.2 Å². The number of aryl methyl sites for hydroxylation is 1. The summed E-state index contributed by atoms with van der Waals surface area (Å²) in [5.74, 6) is 1.48. The predicted molar refractivity (Wildman–Crippen MR) is 115 cm³/mol. The van der Waals surface area contributed by atoms with Gasteiger partial charge in [0, 0.05) is 32.9 Å². The van der Waals surface area contributed by atoms with Crippen molar-refractivity contribution in [2.45, 2.75) is 57.1 Å². The summed E-state index contributed by atoms with van der Waals surface area (Å²) in [6, 6.07) is 5.56. The second kappa shape index (κ2) is 8.38. The van der Waals surface area contributed by atoms with E-state index in [1.807, 2.05) is 12.1 Å². The van der Waals surface area contributed by atoms with Crippen molar-refractivity contribution in [3.05, 3.63) is 39.5 Å². The van der Waals surface area contributed by atoms with Crippen LogP contribution in [0.1, 0.15) is 43.4 Å². The van der Waals surface area contributed by atoms with E-state index >= 15 is 0 Å². The van der Waals surface area contributed by atoms with Crippen LogP contribution in [0.25, 0.3) is 11.4 Å². The van der Waals surface area contributed by atoms with Crippen LogP contribution in [0.4, 0.5) is 5.82 Å². The molecule has 1 N–H and O–H groups in total. The van der Waals surface area contributed by atoms with Crippen molar-refractivity contribution in [1.29, 1.82) is 0 Å². The fourth-order valence-electron chi connectivity index (χ4n) is 4.11. The molecule has 29 heavy (non-hydrogen) atoms. The number of benzene rings is 1. The number of hydrogen-bond donors (Lipinski definition) is 1. The van der Waals surface area contributed by atoms with Crippen LogP contribution in [0.15, 0.2) is 18.2 Å². The minimum Gasteiger partial charge on any atom is -0.367 e. The van der Waals surface area contributed by atoms with Gasteiger partial charge in [-0.2, -0.15) is 8.42 Å². The van der Waals surface area contributed by atoms with Crippen molar-refractivity contribution in [3.8, 4) is 11.4 Å². The molecule has 1 heterocycles. The Labute approximate surface area is 181 Å². The van der Waals surface area contributed by atoms with E-state index < -0.39 is 10.1 Å². The van der Waals surface area contributed by atoms with Crippen LogP contribution in [-0.4, -0.2) is 36.8 Å². The van der Waals surface area contributed by atoms with Crippen molar-refractivity contribution in [1.82, 2.24) is 9.97 Å². The first-order valence-electron chi connectivity index (χ1n) is 9.78. The molecule has 4 rings (SSSR count). The largest absolute Gasteiger partial charge is 0.367 e. The van der Waals surface area contributed by atoms with Gasteiger partial charge in [-0.1, -0.05) is 23.2 Å². The van der Waals surface area contributed by atoms with E-state index in [1.165, 1.54) is 5.56 Å². The molecular weight excluding hydrogens is 433 g/mol. The third kappa shape index (κ3) is 5.20. The van der Waals surface area contributed by atoms with E-state index in [9.17, 15) is 8.42 Å². The molecule has 1 saturated carbocycles.